The first-order valence-electron chi connectivity index (χ1n) is 4.62. The van der Waals surface area contributed by atoms with Gasteiger partial charge in [-0.25, -0.2) is 13.4 Å². The Bertz CT molecular complexity index is 418. The molecule has 0 saturated carbocycles. The van der Waals surface area contributed by atoms with Gasteiger partial charge in [-0.3, -0.25) is 0 Å². The summed E-state index contributed by atoms with van der Waals surface area (Å²) in [4.78, 5) is 6.65. The Morgan fingerprint density at radius 2 is 2.07 bits per heavy atom. The molecule has 0 aromatic carbocycles. The first kappa shape index (κ1) is 9.67. The molecule has 6 heteroatoms. The molecule has 5 nitrogen and oxygen atoms in total. The van der Waals surface area contributed by atoms with E-state index in [4.69, 9.17) is 0 Å². The summed E-state index contributed by atoms with van der Waals surface area (Å²) in [7, 11) is -3.30. The van der Waals surface area contributed by atoms with Crippen molar-refractivity contribution in [2.24, 2.45) is 0 Å². The summed E-state index contributed by atoms with van der Waals surface area (Å²) in [6.45, 7) is 2.99. The molecule has 0 radical (unpaired) electrons. The van der Waals surface area contributed by atoms with Gasteiger partial charge in [-0.1, -0.05) is 0 Å². The van der Waals surface area contributed by atoms with Crippen LogP contribution in [0.15, 0.2) is 11.2 Å². The number of hydrogen-bond acceptors (Lipinski definition) is 3. The Morgan fingerprint density at radius 1 is 1.43 bits per heavy atom. The molecule has 14 heavy (non-hydrogen) atoms. The second kappa shape index (κ2) is 3.36. The van der Waals surface area contributed by atoms with E-state index in [1.165, 1.54) is 10.5 Å². The molecule has 1 aliphatic heterocycles. The zero-order valence-electron chi connectivity index (χ0n) is 8.02. The summed E-state index contributed by atoms with van der Waals surface area (Å²) in [5.74, 6) is 0.628. The second-order valence-corrected chi connectivity index (χ2v) is 5.35. The van der Waals surface area contributed by atoms with Crippen LogP contribution in [-0.4, -0.2) is 35.8 Å². The molecule has 0 aliphatic carbocycles. The van der Waals surface area contributed by atoms with Gasteiger partial charge in [0, 0.05) is 13.1 Å². The molecule has 2 rings (SSSR count). The van der Waals surface area contributed by atoms with E-state index in [0.29, 0.717) is 18.9 Å². The molecule has 1 fully saturated rings. The van der Waals surface area contributed by atoms with Crippen molar-refractivity contribution in [3.05, 3.63) is 12.0 Å². The second-order valence-electron chi connectivity index (χ2n) is 3.44. The van der Waals surface area contributed by atoms with Crippen LogP contribution in [0.3, 0.4) is 0 Å². The van der Waals surface area contributed by atoms with Crippen LogP contribution in [0.1, 0.15) is 18.7 Å². The van der Waals surface area contributed by atoms with Crippen molar-refractivity contribution in [2.45, 2.75) is 24.8 Å². The molecule has 1 aromatic rings. The number of H-pyrrole nitrogens is 1. The van der Waals surface area contributed by atoms with E-state index in [-0.39, 0.29) is 5.03 Å². The highest BCUT2D eigenvalue weighted by atomic mass is 32.2. The van der Waals surface area contributed by atoms with E-state index >= 15 is 0 Å². The van der Waals surface area contributed by atoms with Crippen LogP contribution in [-0.2, 0) is 10.0 Å². The molecule has 0 atom stereocenters. The van der Waals surface area contributed by atoms with Crippen molar-refractivity contribution >= 4 is 10.0 Å². The summed E-state index contributed by atoms with van der Waals surface area (Å²) in [6, 6.07) is 0. The number of sulfonamides is 1. The normalized spacial score (nSPS) is 18.9. The van der Waals surface area contributed by atoms with Crippen LogP contribution < -0.4 is 0 Å². The Balaban J connectivity index is 2.32. The molecule has 1 aromatic heterocycles. The lowest BCUT2D eigenvalue weighted by molar-refractivity contribution is 0.475. The largest absolute Gasteiger partial charge is 0.332 e. The molecule has 1 N–H and O–H groups in total. The third-order valence-corrected chi connectivity index (χ3v) is 4.17. The zero-order valence-corrected chi connectivity index (χ0v) is 8.84. The molecule has 0 unspecified atom stereocenters. The Kier molecular flexibility index (Phi) is 2.32. The molecule has 0 amide bonds. The minimum Gasteiger partial charge on any atom is -0.332 e. The van der Waals surface area contributed by atoms with Crippen LogP contribution in [0.2, 0.25) is 0 Å². The number of nitrogens with one attached hydrogen (secondary N) is 1. The number of imidazole rings is 1. The van der Waals surface area contributed by atoms with Crippen molar-refractivity contribution in [1.82, 2.24) is 14.3 Å². The fourth-order valence-electron chi connectivity index (χ4n) is 1.60. The number of hydrogen-bond donors (Lipinski definition) is 1. The van der Waals surface area contributed by atoms with Gasteiger partial charge in [-0.15, -0.1) is 0 Å². The van der Waals surface area contributed by atoms with E-state index in [1.54, 1.807) is 6.92 Å². The SMILES string of the molecule is Cc1ncc(S(=O)(=O)N2CCCC2)[nH]1. The van der Waals surface area contributed by atoms with Crippen LogP contribution >= 0.6 is 0 Å². The van der Waals surface area contributed by atoms with E-state index in [1.807, 2.05) is 0 Å². The predicted molar refractivity (Wildman–Crippen MR) is 51.3 cm³/mol. The summed E-state index contributed by atoms with van der Waals surface area (Å²) in [6.07, 6.45) is 3.28. The Labute approximate surface area is 83.2 Å². The maximum absolute atomic E-state index is 11.9. The summed E-state index contributed by atoms with van der Waals surface area (Å²) in [5, 5.41) is 0.205. The lowest BCUT2D eigenvalue weighted by Gasteiger charge is -2.13. The third kappa shape index (κ3) is 1.55. The number of nitrogens with zero attached hydrogens (tertiary/aromatic N) is 2. The third-order valence-electron chi connectivity index (χ3n) is 2.36. The van der Waals surface area contributed by atoms with Crippen molar-refractivity contribution < 1.29 is 8.42 Å². The Morgan fingerprint density at radius 3 is 2.57 bits per heavy atom. The van der Waals surface area contributed by atoms with Crippen molar-refractivity contribution in [3.8, 4) is 0 Å². The summed E-state index contributed by atoms with van der Waals surface area (Å²) >= 11 is 0. The van der Waals surface area contributed by atoms with Gasteiger partial charge in [0.05, 0.1) is 6.20 Å². The highest BCUT2D eigenvalue weighted by Gasteiger charge is 2.28. The van der Waals surface area contributed by atoms with Gasteiger partial charge < -0.3 is 4.98 Å². The van der Waals surface area contributed by atoms with Gasteiger partial charge in [0.1, 0.15) is 5.82 Å². The molecule has 0 bridgehead atoms. The molecule has 2 heterocycles. The van der Waals surface area contributed by atoms with Crippen LogP contribution in [0.4, 0.5) is 0 Å². The number of rotatable bonds is 2. The van der Waals surface area contributed by atoms with Gasteiger partial charge in [-0.05, 0) is 19.8 Å². The maximum Gasteiger partial charge on any atom is 0.260 e. The van der Waals surface area contributed by atoms with Gasteiger partial charge in [0.2, 0.25) is 0 Å². The Hall–Kier alpha value is -0.880. The smallest absolute Gasteiger partial charge is 0.260 e. The van der Waals surface area contributed by atoms with Gasteiger partial charge in [0.15, 0.2) is 5.03 Å². The average Bonchev–Trinajstić information content (AvgIpc) is 2.72. The van der Waals surface area contributed by atoms with Gasteiger partial charge in [0.25, 0.3) is 10.0 Å². The average molecular weight is 215 g/mol. The topological polar surface area (TPSA) is 66.1 Å². The van der Waals surface area contributed by atoms with Crippen molar-refractivity contribution in [1.29, 1.82) is 0 Å². The van der Waals surface area contributed by atoms with E-state index < -0.39 is 10.0 Å². The lowest BCUT2D eigenvalue weighted by Crippen LogP contribution is -2.28. The fourth-order valence-corrected chi connectivity index (χ4v) is 3.08. The predicted octanol–water partition coefficient (Wildman–Crippen LogP) is 0.503. The van der Waals surface area contributed by atoms with Crippen LogP contribution in [0.25, 0.3) is 0 Å². The van der Waals surface area contributed by atoms with Gasteiger partial charge in [-0.2, -0.15) is 4.31 Å². The number of aryl methyl sites for hydroxylation is 1. The number of aromatic nitrogens is 2. The standard InChI is InChI=1S/C8H13N3O2S/c1-7-9-6-8(10-7)14(12,13)11-4-2-3-5-11/h6H,2-5H2,1H3,(H,9,10). The maximum atomic E-state index is 11.9. The first-order chi connectivity index (χ1) is 6.60. The fraction of sp³-hybridized carbons (Fsp3) is 0.625. The highest BCUT2D eigenvalue weighted by molar-refractivity contribution is 7.89. The quantitative estimate of drug-likeness (QED) is 0.781. The van der Waals surface area contributed by atoms with Crippen LogP contribution in [0, 0.1) is 6.92 Å². The van der Waals surface area contributed by atoms with Gasteiger partial charge >= 0.3 is 0 Å². The molecule has 1 saturated heterocycles. The van der Waals surface area contributed by atoms with E-state index in [2.05, 4.69) is 9.97 Å². The molecular weight excluding hydrogens is 202 g/mol. The van der Waals surface area contributed by atoms with Crippen molar-refractivity contribution in [2.75, 3.05) is 13.1 Å². The first-order valence-corrected chi connectivity index (χ1v) is 6.06. The molecule has 78 valence electrons. The zero-order chi connectivity index (χ0) is 10.2. The lowest BCUT2D eigenvalue weighted by atomic mass is 10.4. The monoisotopic (exact) mass is 215 g/mol. The number of aromatic amines is 1. The summed E-state index contributed by atoms with van der Waals surface area (Å²) < 4.78 is 25.3. The highest BCUT2D eigenvalue weighted by Crippen LogP contribution is 2.18. The molecule has 1 aliphatic rings. The minimum absolute atomic E-state index is 0.205. The molecule has 0 spiro atoms. The molecular formula is C8H13N3O2S. The summed E-state index contributed by atoms with van der Waals surface area (Å²) in [5.41, 5.74) is 0. The van der Waals surface area contributed by atoms with Crippen LogP contribution in [0.5, 0.6) is 0 Å². The van der Waals surface area contributed by atoms with E-state index in [9.17, 15) is 8.42 Å². The van der Waals surface area contributed by atoms with Crippen molar-refractivity contribution in [3.63, 3.8) is 0 Å². The minimum atomic E-state index is -3.30. The van der Waals surface area contributed by atoms with E-state index in [0.717, 1.165) is 12.8 Å².